The van der Waals surface area contributed by atoms with E-state index in [1.54, 1.807) is 0 Å². The summed E-state index contributed by atoms with van der Waals surface area (Å²) in [6.07, 6.45) is 9.29. The monoisotopic (exact) mass is 414 g/mol. The van der Waals surface area contributed by atoms with E-state index in [1.165, 1.54) is 40.9 Å². The van der Waals surface area contributed by atoms with Gasteiger partial charge in [0.05, 0.1) is 24.8 Å². The molecule has 1 saturated carbocycles. The molecule has 0 bridgehead atoms. The molecule has 0 aromatic heterocycles. The molecule has 2 heterocycles. The molecule has 2 fully saturated rings. The molecule has 0 unspecified atom stereocenters. The smallest absolute Gasteiger partial charge is 0.298 e. The van der Waals surface area contributed by atoms with Crippen molar-refractivity contribution in [1.29, 1.82) is 0 Å². The Morgan fingerprint density at radius 1 is 0.968 bits per heavy atom. The molecule has 2 aromatic rings. The molecule has 31 heavy (non-hydrogen) atoms. The zero-order valence-electron chi connectivity index (χ0n) is 18.2. The molecule has 2 aliphatic heterocycles. The van der Waals surface area contributed by atoms with Crippen molar-refractivity contribution in [2.24, 2.45) is 11.0 Å². The highest BCUT2D eigenvalue weighted by molar-refractivity contribution is 6.08. The summed E-state index contributed by atoms with van der Waals surface area (Å²) in [6.45, 7) is 2.77. The fourth-order valence-electron chi connectivity index (χ4n) is 5.46. The van der Waals surface area contributed by atoms with Gasteiger partial charge in [-0.15, -0.1) is 0 Å². The molecule has 1 amide bonds. The van der Waals surface area contributed by atoms with Gasteiger partial charge in [-0.2, -0.15) is 5.10 Å². The molecular weight excluding hydrogens is 382 g/mol. The Balaban J connectivity index is 1.47. The first-order chi connectivity index (χ1) is 15.3. The van der Waals surface area contributed by atoms with Crippen LogP contribution in [-0.2, 0) is 4.79 Å². The summed E-state index contributed by atoms with van der Waals surface area (Å²) in [7, 11) is 0. The highest BCUT2D eigenvalue weighted by atomic mass is 16.2. The van der Waals surface area contributed by atoms with Crippen LogP contribution < -0.4 is 4.90 Å². The normalized spacial score (nSPS) is 25.4. The quantitative estimate of drug-likeness (QED) is 0.810. The van der Waals surface area contributed by atoms with Crippen LogP contribution in [0, 0.1) is 5.92 Å². The number of likely N-dealkylation sites (tertiary alicyclic amines) is 1. The van der Waals surface area contributed by atoms with Gasteiger partial charge in [0.1, 0.15) is 0 Å². The van der Waals surface area contributed by atoms with Crippen molar-refractivity contribution in [3.8, 4) is 0 Å². The minimum absolute atomic E-state index is 0.0207. The van der Waals surface area contributed by atoms with Crippen LogP contribution in [0.1, 0.15) is 55.7 Å². The van der Waals surface area contributed by atoms with Crippen LogP contribution in [0.4, 0.5) is 0 Å². The van der Waals surface area contributed by atoms with Crippen LogP contribution in [0.15, 0.2) is 71.3 Å². The van der Waals surface area contributed by atoms with Crippen LogP contribution >= 0.6 is 0 Å². The first-order valence-electron chi connectivity index (χ1n) is 11.8. The van der Waals surface area contributed by atoms with Crippen molar-refractivity contribution in [2.75, 3.05) is 19.6 Å². The van der Waals surface area contributed by atoms with E-state index in [4.69, 9.17) is 5.10 Å². The molecule has 5 rings (SSSR count). The van der Waals surface area contributed by atoms with Crippen LogP contribution in [0.2, 0.25) is 0 Å². The molecule has 0 spiro atoms. The summed E-state index contributed by atoms with van der Waals surface area (Å²) in [6, 6.07) is 21.0. The van der Waals surface area contributed by atoms with E-state index in [1.807, 2.05) is 17.1 Å². The lowest BCUT2D eigenvalue weighted by Crippen LogP contribution is -3.13. The lowest BCUT2D eigenvalue weighted by Gasteiger charge is -2.30. The first kappa shape index (κ1) is 20.2. The topological polar surface area (TPSA) is 37.1 Å². The van der Waals surface area contributed by atoms with Crippen LogP contribution in [-0.4, -0.2) is 36.3 Å². The average Bonchev–Trinajstić information content (AvgIpc) is 3.22. The van der Waals surface area contributed by atoms with E-state index in [0.717, 1.165) is 38.1 Å². The van der Waals surface area contributed by atoms with Crippen molar-refractivity contribution in [1.82, 2.24) is 5.01 Å². The molecule has 1 saturated heterocycles. The third-order valence-corrected chi connectivity index (χ3v) is 7.00. The SMILES string of the molecule is O=C(C[NH+]1CCCCC1)N1N=C2/C(=C/c3ccccc3)CCC[C@H]2[C@H]1c1ccccc1. The Kier molecular flexibility index (Phi) is 5.99. The predicted octanol–water partition coefficient (Wildman–Crippen LogP) is 3.88. The van der Waals surface area contributed by atoms with Gasteiger partial charge in [-0.3, -0.25) is 4.79 Å². The summed E-state index contributed by atoms with van der Waals surface area (Å²) in [5, 5.41) is 6.88. The number of hydrazone groups is 1. The van der Waals surface area contributed by atoms with Crippen molar-refractivity contribution in [3.05, 3.63) is 77.4 Å². The van der Waals surface area contributed by atoms with Gasteiger partial charge in [0, 0.05) is 5.92 Å². The van der Waals surface area contributed by atoms with E-state index in [9.17, 15) is 4.79 Å². The van der Waals surface area contributed by atoms with Gasteiger partial charge in [0.15, 0.2) is 6.54 Å². The Bertz CT molecular complexity index is 960. The molecule has 3 aliphatic rings. The highest BCUT2D eigenvalue weighted by Gasteiger charge is 2.44. The van der Waals surface area contributed by atoms with E-state index < -0.39 is 0 Å². The molecule has 1 aliphatic carbocycles. The van der Waals surface area contributed by atoms with E-state index >= 15 is 0 Å². The second kappa shape index (κ2) is 9.19. The molecule has 1 N–H and O–H groups in total. The predicted molar refractivity (Wildman–Crippen MR) is 125 cm³/mol. The van der Waals surface area contributed by atoms with Crippen molar-refractivity contribution in [2.45, 2.75) is 44.6 Å². The highest BCUT2D eigenvalue weighted by Crippen LogP contribution is 2.44. The molecule has 4 heteroatoms. The lowest BCUT2D eigenvalue weighted by atomic mass is 9.77. The Labute approximate surface area is 185 Å². The standard InChI is InChI=1S/C27H31N3O/c31-25(20-29-17-8-3-9-18-29)30-27(22-13-6-2-7-14-22)24-16-10-15-23(26(24)28-30)19-21-11-4-1-5-12-21/h1-2,4-7,11-14,19,24,27H,3,8-10,15-18,20H2/p+1/b23-19+/t24-,27-/m1/s1. The van der Waals surface area contributed by atoms with Gasteiger partial charge in [0.2, 0.25) is 0 Å². The zero-order valence-corrected chi connectivity index (χ0v) is 18.2. The number of benzene rings is 2. The Hall–Kier alpha value is -2.72. The number of fused-ring (bicyclic) bond motifs is 1. The number of piperidine rings is 1. The van der Waals surface area contributed by atoms with Crippen LogP contribution in [0.3, 0.4) is 0 Å². The van der Waals surface area contributed by atoms with Crippen molar-refractivity contribution < 1.29 is 9.69 Å². The van der Waals surface area contributed by atoms with Gasteiger partial charge in [-0.25, -0.2) is 5.01 Å². The maximum absolute atomic E-state index is 13.5. The summed E-state index contributed by atoms with van der Waals surface area (Å²) in [4.78, 5) is 14.9. The molecule has 0 radical (unpaired) electrons. The molecule has 2 atom stereocenters. The van der Waals surface area contributed by atoms with E-state index in [0.29, 0.717) is 6.54 Å². The Morgan fingerprint density at radius 2 is 1.68 bits per heavy atom. The summed E-state index contributed by atoms with van der Waals surface area (Å²) >= 11 is 0. The van der Waals surface area contributed by atoms with Crippen LogP contribution in [0.5, 0.6) is 0 Å². The van der Waals surface area contributed by atoms with Gasteiger partial charge in [0.25, 0.3) is 5.91 Å². The number of nitrogens with one attached hydrogen (secondary N) is 1. The zero-order chi connectivity index (χ0) is 21.0. The fraction of sp³-hybridized carbons (Fsp3) is 0.407. The molecule has 2 aromatic carbocycles. The van der Waals surface area contributed by atoms with E-state index in [2.05, 4.69) is 54.6 Å². The number of carbonyl (C=O) groups excluding carboxylic acids is 1. The van der Waals surface area contributed by atoms with Crippen molar-refractivity contribution >= 4 is 17.7 Å². The minimum Gasteiger partial charge on any atom is -0.327 e. The lowest BCUT2D eigenvalue weighted by molar-refractivity contribution is -0.897. The van der Waals surface area contributed by atoms with Gasteiger partial charge in [-0.1, -0.05) is 60.7 Å². The third-order valence-electron chi connectivity index (χ3n) is 7.00. The van der Waals surface area contributed by atoms with Gasteiger partial charge in [-0.05, 0) is 61.3 Å². The van der Waals surface area contributed by atoms with Gasteiger partial charge >= 0.3 is 0 Å². The molecular formula is C27H32N3O+. The molecule has 160 valence electrons. The first-order valence-corrected chi connectivity index (χ1v) is 11.8. The number of hydrogen-bond acceptors (Lipinski definition) is 2. The third kappa shape index (κ3) is 4.35. The fourth-order valence-corrected chi connectivity index (χ4v) is 5.46. The second-order valence-electron chi connectivity index (χ2n) is 9.15. The Morgan fingerprint density at radius 3 is 2.42 bits per heavy atom. The number of quaternary nitrogens is 1. The number of amides is 1. The van der Waals surface area contributed by atoms with Crippen LogP contribution in [0.25, 0.3) is 6.08 Å². The largest absolute Gasteiger partial charge is 0.327 e. The minimum atomic E-state index is 0.0207. The maximum atomic E-state index is 13.5. The maximum Gasteiger partial charge on any atom is 0.298 e. The number of hydrogen-bond donors (Lipinski definition) is 1. The summed E-state index contributed by atoms with van der Waals surface area (Å²) in [5.41, 5.74) is 4.84. The number of allylic oxidation sites excluding steroid dienone is 1. The number of rotatable bonds is 4. The average molecular weight is 415 g/mol. The molecule has 4 nitrogen and oxygen atoms in total. The number of nitrogens with zero attached hydrogens (tertiary/aromatic N) is 2. The van der Waals surface area contributed by atoms with E-state index in [-0.39, 0.29) is 17.9 Å². The second-order valence-corrected chi connectivity index (χ2v) is 9.15. The number of carbonyl (C=O) groups is 1. The van der Waals surface area contributed by atoms with Crippen molar-refractivity contribution in [3.63, 3.8) is 0 Å². The van der Waals surface area contributed by atoms with Gasteiger partial charge < -0.3 is 4.90 Å². The summed E-state index contributed by atoms with van der Waals surface area (Å²) < 4.78 is 0. The summed E-state index contributed by atoms with van der Waals surface area (Å²) in [5.74, 6) is 0.457.